The summed E-state index contributed by atoms with van der Waals surface area (Å²) in [6.45, 7) is 5.21. The molecule has 0 saturated heterocycles. The Balaban J connectivity index is 1.81. The van der Waals surface area contributed by atoms with Crippen molar-refractivity contribution in [2.75, 3.05) is 6.61 Å². The van der Waals surface area contributed by atoms with Crippen LogP contribution >= 0.6 is 0 Å². The van der Waals surface area contributed by atoms with Gasteiger partial charge < -0.3 is 15.3 Å². The van der Waals surface area contributed by atoms with E-state index in [1.807, 2.05) is 13.8 Å². The highest BCUT2D eigenvalue weighted by Crippen LogP contribution is 2.67. The molecule has 158 valence electrons. The van der Waals surface area contributed by atoms with Gasteiger partial charge in [-0.15, -0.1) is 0 Å². The number of fused-ring (bicyclic) bond motifs is 5. The summed E-state index contributed by atoms with van der Waals surface area (Å²) in [6.07, 6.45) is 5.03. The van der Waals surface area contributed by atoms with E-state index < -0.39 is 34.9 Å². The van der Waals surface area contributed by atoms with Gasteiger partial charge in [0.2, 0.25) is 0 Å². The van der Waals surface area contributed by atoms with Crippen LogP contribution in [0.5, 0.6) is 0 Å². The van der Waals surface area contributed by atoms with Crippen molar-refractivity contribution in [3.63, 3.8) is 0 Å². The van der Waals surface area contributed by atoms with Gasteiger partial charge in [-0.3, -0.25) is 14.4 Å². The summed E-state index contributed by atoms with van der Waals surface area (Å²) in [6, 6.07) is 0. The van der Waals surface area contributed by atoms with E-state index in [1.54, 1.807) is 12.2 Å². The predicted molar refractivity (Wildman–Crippen MR) is 105 cm³/mol. The second kappa shape index (κ2) is 6.43. The summed E-state index contributed by atoms with van der Waals surface area (Å²) in [5.74, 6) is -0.905. The molecule has 0 heterocycles. The molecule has 4 rings (SSSR count). The Morgan fingerprint density at radius 3 is 2.66 bits per heavy atom. The van der Waals surface area contributed by atoms with Gasteiger partial charge in [-0.1, -0.05) is 32.4 Å². The number of aldehydes is 1. The molecule has 4 aliphatic rings. The fourth-order valence-electron chi connectivity index (χ4n) is 7.57. The lowest BCUT2D eigenvalue weighted by molar-refractivity contribution is -0.180. The maximum atomic E-state index is 12.5. The maximum absolute atomic E-state index is 12.5. The Kier molecular flexibility index (Phi) is 4.58. The molecule has 3 saturated carbocycles. The van der Waals surface area contributed by atoms with E-state index in [4.69, 9.17) is 0 Å². The molecule has 0 aromatic heterocycles. The van der Waals surface area contributed by atoms with Crippen LogP contribution in [-0.2, 0) is 14.4 Å². The standard InChI is InChI=1S/C23H30O6/c1-12-6-14-15-4-5-23(29,19(28)11-25)22(15,3)9-18(27)20(14)21(2)8-13(10-24)17(26)7-16(12)21/h7-8,10,12,14-15,18,20,25,27,29H,4-6,9,11H2,1-3H3/t12?,14-,15-,18-,20+,21-,22-,23-/m0/s1. The maximum Gasteiger partial charge on any atom is 0.190 e. The molecule has 1 unspecified atom stereocenters. The van der Waals surface area contributed by atoms with Gasteiger partial charge in [0.1, 0.15) is 12.2 Å². The number of allylic oxidation sites excluding steroid dienone is 4. The second-order valence-corrected chi connectivity index (χ2v) is 10.1. The lowest BCUT2D eigenvalue weighted by Crippen LogP contribution is -2.62. The fraction of sp³-hybridized carbons (Fsp3) is 0.696. The Morgan fingerprint density at radius 2 is 2.03 bits per heavy atom. The lowest BCUT2D eigenvalue weighted by atomic mass is 9.44. The highest BCUT2D eigenvalue weighted by atomic mass is 16.3. The SMILES string of the molecule is CC1C[C@@H]2[C@H]([C@@H](O)C[C@@]3(C)[C@H]2CC[C@]3(O)C(=O)CO)[C@@]2(C)C=C(C=O)C(=O)C=C12. The summed E-state index contributed by atoms with van der Waals surface area (Å²) in [5, 5.41) is 32.0. The molecule has 8 atom stereocenters. The number of rotatable bonds is 3. The van der Waals surface area contributed by atoms with E-state index in [1.165, 1.54) is 0 Å². The van der Waals surface area contributed by atoms with Gasteiger partial charge >= 0.3 is 0 Å². The molecule has 6 nitrogen and oxygen atoms in total. The zero-order valence-corrected chi connectivity index (χ0v) is 17.2. The first-order chi connectivity index (χ1) is 13.5. The van der Waals surface area contributed by atoms with Crippen molar-refractivity contribution in [3.05, 3.63) is 23.3 Å². The Labute approximate surface area is 170 Å². The first kappa shape index (κ1) is 20.6. The van der Waals surface area contributed by atoms with Gasteiger partial charge in [0, 0.05) is 16.7 Å². The van der Waals surface area contributed by atoms with Crippen LogP contribution in [0.15, 0.2) is 23.3 Å². The van der Waals surface area contributed by atoms with Crippen molar-refractivity contribution < 1.29 is 29.7 Å². The number of Topliss-reactive ketones (excluding diaryl/α,β-unsaturated/α-hetero) is 1. The normalized spacial score (nSPS) is 48.8. The van der Waals surface area contributed by atoms with Crippen LogP contribution < -0.4 is 0 Å². The van der Waals surface area contributed by atoms with Crippen LogP contribution in [0.1, 0.15) is 46.5 Å². The summed E-state index contributed by atoms with van der Waals surface area (Å²) in [4.78, 5) is 36.2. The minimum Gasteiger partial charge on any atom is -0.393 e. The molecule has 0 aromatic carbocycles. The molecular weight excluding hydrogens is 372 g/mol. The number of carbonyl (C=O) groups excluding carboxylic acids is 3. The Hall–Kier alpha value is -1.63. The van der Waals surface area contributed by atoms with Gasteiger partial charge in [0.25, 0.3) is 0 Å². The number of aliphatic hydroxyl groups excluding tert-OH is 2. The van der Waals surface area contributed by atoms with Crippen LogP contribution in [0.2, 0.25) is 0 Å². The van der Waals surface area contributed by atoms with Crippen LogP contribution in [-0.4, -0.2) is 51.5 Å². The molecule has 29 heavy (non-hydrogen) atoms. The predicted octanol–water partition coefficient (Wildman–Crippen LogP) is 1.37. The third kappa shape index (κ3) is 2.49. The quantitative estimate of drug-likeness (QED) is 0.486. The van der Waals surface area contributed by atoms with Crippen LogP contribution in [0.4, 0.5) is 0 Å². The molecule has 3 fully saturated rings. The van der Waals surface area contributed by atoms with Crippen molar-refractivity contribution in [1.29, 1.82) is 0 Å². The summed E-state index contributed by atoms with van der Waals surface area (Å²) in [5.41, 5.74) is -1.98. The van der Waals surface area contributed by atoms with Gasteiger partial charge in [0.15, 0.2) is 17.9 Å². The summed E-state index contributed by atoms with van der Waals surface area (Å²) >= 11 is 0. The Morgan fingerprint density at radius 1 is 1.34 bits per heavy atom. The average Bonchev–Trinajstić information content (AvgIpc) is 2.93. The summed E-state index contributed by atoms with van der Waals surface area (Å²) < 4.78 is 0. The third-order valence-electron chi connectivity index (χ3n) is 8.84. The molecule has 0 bridgehead atoms. The zero-order valence-electron chi connectivity index (χ0n) is 17.2. The number of hydrogen-bond acceptors (Lipinski definition) is 6. The van der Waals surface area contributed by atoms with E-state index >= 15 is 0 Å². The van der Waals surface area contributed by atoms with Crippen LogP contribution in [0.3, 0.4) is 0 Å². The zero-order chi connectivity index (χ0) is 21.4. The topological polar surface area (TPSA) is 112 Å². The van der Waals surface area contributed by atoms with E-state index in [-0.39, 0.29) is 47.9 Å². The van der Waals surface area contributed by atoms with Crippen molar-refractivity contribution in [3.8, 4) is 0 Å². The number of hydrogen-bond donors (Lipinski definition) is 3. The van der Waals surface area contributed by atoms with Gasteiger partial charge in [-0.05, 0) is 49.5 Å². The molecule has 6 heteroatoms. The fourth-order valence-corrected chi connectivity index (χ4v) is 7.57. The van der Waals surface area contributed by atoms with E-state index in [9.17, 15) is 29.7 Å². The first-order valence-corrected chi connectivity index (χ1v) is 10.5. The number of ketones is 2. The first-order valence-electron chi connectivity index (χ1n) is 10.5. The summed E-state index contributed by atoms with van der Waals surface area (Å²) in [7, 11) is 0. The van der Waals surface area contributed by atoms with Gasteiger partial charge in [-0.25, -0.2) is 0 Å². The van der Waals surface area contributed by atoms with E-state index in [0.29, 0.717) is 12.7 Å². The van der Waals surface area contributed by atoms with Gasteiger partial charge in [0.05, 0.1) is 11.7 Å². The number of aliphatic hydroxyl groups is 3. The van der Waals surface area contributed by atoms with Crippen molar-refractivity contribution in [2.24, 2.45) is 34.5 Å². The Bertz CT molecular complexity index is 842. The molecule has 0 aliphatic heterocycles. The lowest BCUT2D eigenvalue weighted by Gasteiger charge is -2.60. The highest BCUT2D eigenvalue weighted by molar-refractivity contribution is 6.18. The largest absolute Gasteiger partial charge is 0.393 e. The minimum atomic E-state index is -1.63. The molecule has 3 N–H and O–H groups in total. The van der Waals surface area contributed by atoms with E-state index in [2.05, 4.69) is 6.92 Å². The van der Waals surface area contributed by atoms with Gasteiger partial charge in [-0.2, -0.15) is 0 Å². The highest BCUT2D eigenvalue weighted by Gasteiger charge is 2.68. The molecular formula is C23H30O6. The number of carbonyl (C=O) groups is 3. The molecule has 4 aliphatic carbocycles. The molecule has 0 radical (unpaired) electrons. The molecule has 0 aromatic rings. The monoisotopic (exact) mass is 402 g/mol. The molecule has 0 spiro atoms. The van der Waals surface area contributed by atoms with Crippen LogP contribution in [0, 0.1) is 34.5 Å². The van der Waals surface area contributed by atoms with Crippen molar-refractivity contribution in [1.82, 2.24) is 0 Å². The van der Waals surface area contributed by atoms with Crippen molar-refractivity contribution in [2.45, 2.75) is 58.2 Å². The van der Waals surface area contributed by atoms with E-state index in [0.717, 1.165) is 12.0 Å². The van der Waals surface area contributed by atoms with Crippen molar-refractivity contribution >= 4 is 17.9 Å². The smallest absolute Gasteiger partial charge is 0.190 e. The van der Waals surface area contributed by atoms with Crippen LogP contribution in [0.25, 0.3) is 0 Å². The second-order valence-electron chi connectivity index (χ2n) is 10.1. The third-order valence-corrected chi connectivity index (χ3v) is 8.84. The minimum absolute atomic E-state index is 0.0166. The molecule has 0 amide bonds. The average molecular weight is 402 g/mol.